The van der Waals surface area contributed by atoms with Crippen molar-refractivity contribution in [2.24, 2.45) is 0 Å². The lowest BCUT2D eigenvalue weighted by Gasteiger charge is -2.40. The Labute approximate surface area is 121 Å². The second-order valence-corrected chi connectivity index (χ2v) is 6.19. The minimum Gasteiger partial charge on any atom is -0.393 e. The van der Waals surface area contributed by atoms with E-state index in [2.05, 4.69) is 5.32 Å². The lowest BCUT2D eigenvalue weighted by atomic mass is 9.84. The minimum atomic E-state index is -0.582. The number of anilines is 1. The van der Waals surface area contributed by atoms with E-state index < -0.39 is 4.92 Å². The molecule has 0 spiro atoms. The van der Waals surface area contributed by atoms with Gasteiger partial charge in [0.15, 0.2) is 0 Å². The fourth-order valence-electron chi connectivity index (χ4n) is 2.27. The average Bonchev–Trinajstić information content (AvgIpc) is 2.37. The first-order valence-corrected chi connectivity index (χ1v) is 7.58. The third kappa shape index (κ3) is 2.72. The molecule has 0 aromatic heterocycles. The van der Waals surface area contributed by atoms with Gasteiger partial charge in [-0.1, -0.05) is 12.5 Å². The van der Waals surface area contributed by atoms with Crippen LogP contribution >= 0.6 is 11.8 Å². The molecule has 0 aliphatic heterocycles. The number of carbonyl (C=O) groups excluding carboxylic acids is 1. The molecule has 1 fully saturated rings. The Hall–Kier alpha value is -1.76. The summed E-state index contributed by atoms with van der Waals surface area (Å²) in [5.74, 6) is -0.355. The summed E-state index contributed by atoms with van der Waals surface area (Å²) in [6.07, 6.45) is 5.38. The highest BCUT2D eigenvalue weighted by Crippen LogP contribution is 2.42. The molecule has 20 heavy (non-hydrogen) atoms. The van der Waals surface area contributed by atoms with Crippen molar-refractivity contribution in [3.63, 3.8) is 0 Å². The lowest BCUT2D eigenvalue weighted by Crippen LogP contribution is -2.45. The Morgan fingerprint density at radius 3 is 2.75 bits per heavy atom. The Morgan fingerprint density at radius 2 is 2.25 bits per heavy atom. The Kier molecular flexibility index (Phi) is 4.17. The van der Waals surface area contributed by atoms with Gasteiger partial charge in [0.2, 0.25) is 0 Å². The number of para-hydroxylation sites is 1. The van der Waals surface area contributed by atoms with E-state index >= 15 is 0 Å². The molecule has 1 aromatic rings. The van der Waals surface area contributed by atoms with E-state index in [0.717, 1.165) is 12.8 Å². The van der Waals surface area contributed by atoms with Crippen LogP contribution in [0.2, 0.25) is 0 Å². The summed E-state index contributed by atoms with van der Waals surface area (Å²) in [6, 6.07) is 4.27. The van der Waals surface area contributed by atoms with Crippen LogP contribution in [0.3, 0.4) is 0 Å². The zero-order valence-corrected chi connectivity index (χ0v) is 12.0. The Morgan fingerprint density at radius 1 is 1.55 bits per heavy atom. The van der Waals surface area contributed by atoms with Crippen molar-refractivity contribution < 1.29 is 9.72 Å². The number of carbonyl (C=O) groups is 1. The molecule has 1 aromatic carbocycles. The highest BCUT2D eigenvalue weighted by molar-refractivity contribution is 8.00. The SMILES string of the molecule is CSC1(CNC(=O)c2cccc([N+](=O)[O-])c2N)CCC1. The number of amides is 1. The molecule has 1 aliphatic carbocycles. The summed E-state index contributed by atoms with van der Waals surface area (Å²) >= 11 is 1.75. The van der Waals surface area contributed by atoms with Crippen LogP contribution in [0.1, 0.15) is 29.6 Å². The van der Waals surface area contributed by atoms with Crippen molar-refractivity contribution in [2.75, 3.05) is 18.5 Å². The van der Waals surface area contributed by atoms with Gasteiger partial charge in [0, 0.05) is 17.4 Å². The maximum absolute atomic E-state index is 12.1. The van der Waals surface area contributed by atoms with Crippen LogP contribution in [0.4, 0.5) is 11.4 Å². The average molecular weight is 295 g/mol. The van der Waals surface area contributed by atoms with Crippen molar-refractivity contribution >= 4 is 29.0 Å². The molecule has 0 heterocycles. The van der Waals surface area contributed by atoms with Gasteiger partial charge in [0.25, 0.3) is 11.6 Å². The lowest BCUT2D eigenvalue weighted by molar-refractivity contribution is -0.383. The summed E-state index contributed by atoms with van der Waals surface area (Å²) in [4.78, 5) is 22.3. The predicted molar refractivity (Wildman–Crippen MR) is 79.9 cm³/mol. The molecule has 6 nitrogen and oxygen atoms in total. The van der Waals surface area contributed by atoms with Gasteiger partial charge in [-0.2, -0.15) is 11.8 Å². The molecule has 3 N–H and O–H groups in total. The smallest absolute Gasteiger partial charge is 0.292 e. The number of hydrogen-bond acceptors (Lipinski definition) is 5. The minimum absolute atomic E-state index is 0.0817. The van der Waals surface area contributed by atoms with Gasteiger partial charge in [-0.15, -0.1) is 0 Å². The number of hydrogen-bond donors (Lipinski definition) is 2. The van der Waals surface area contributed by atoms with Gasteiger partial charge in [0.1, 0.15) is 5.69 Å². The standard InChI is InChI=1S/C13H17N3O3S/c1-20-13(6-3-7-13)8-15-12(17)9-4-2-5-10(11(9)14)16(18)19/h2,4-5H,3,6-8,14H2,1H3,(H,15,17). The van der Waals surface area contributed by atoms with Crippen molar-refractivity contribution in [2.45, 2.75) is 24.0 Å². The van der Waals surface area contributed by atoms with E-state index in [9.17, 15) is 14.9 Å². The largest absolute Gasteiger partial charge is 0.393 e. The molecule has 7 heteroatoms. The first-order chi connectivity index (χ1) is 9.49. The van der Waals surface area contributed by atoms with Crippen LogP contribution in [-0.2, 0) is 0 Å². The van der Waals surface area contributed by atoms with Crippen LogP contribution in [0.25, 0.3) is 0 Å². The Bertz CT molecular complexity index is 538. The van der Waals surface area contributed by atoms with Gasteiger partial charge in [-0.3, -0.25) is 14.9 Å². The number of nitrogens with two attached hydrogens (primary N) is 1. The van der Waals surface area contributed by atoms with Crippen LogP contribution in [0, 0.1) is 10.1 Å². The van der Waals surface area contributed by atoms with Crippen molar-refractivity contribution in [1.82, 2.24) is 5.32 Å². The molecule has 0 radical (unpaired) electrons. The van der Waals surface area contributed by atoms with E-state index in [0.29, 0.717) is 6.54 Å². The van der Waals surface area contributed by atoms with E-state index in [1.165, 1.54) is 24.6 Å². The number of benzene rings is 1. The monoisotopic (exact) mass is 295 g/mol. The molecule has 108 valence electrons. The molecular weight excluding hydrogens is 278 g/mol. The fraction of sp³-hybridized carbons (Fsp3) is 0.462. The number of nitrogen functional groups attached to an aromatic ring is 1. The molecule has 0 atom stereocenters. The van der Waals surface area contributed by atoms with Crippen LogP contribution in [-0.4, -0.2) is 28.4 Å². The molecule has 1 saturated carbocycles. The fourth-order valence-corrected chi connectivity index (χ4v) is 3.18. The van der Waals surface area contributed by atoms with Gasteiger partial charge in [0.05, 0.1) is 10.5 Å². The van der Waals surface area contributed by atoms with E-state index in [-0.39, 0.29) is 27.6 Å². The van der Waals surface area contributed by atoms with Crippen LogP contribution in [0.15, 0.2) is 18.2 Å². The topological polar surface area (TPSA) is 98.3 Å². The zero-order valence-electron chi connectivity index (χ0n) is 11.2. The summed E-state index contributed by atoms with van der Waals surface area (Å²) in [6.45, 7) is 0.565. The van der Waals surface area contributed by atoms with E-state index in [1.807, 2.05) is 6.26 Å². The number of nitrogens with zero attached hydrogens (tertiary/aromatic N) is 1. The van der Waals surface area contributed by atoms with Crippen molar-refractivity contribution in [3.8, 4) is 0 Å². The van der Waals surface area contributed by atoms with Crippen LogP contribution < -0.4 is 11.1 Å². The van der Waals surface area contributed by atoms with Gasteiger partial charge in [-0.25, -0.2) is 0 Å². The summed E-state index contributed by atoms with van der Waals surface area (Å²) in [5, 5.41) is 13.6. The number of rotatable bonds is 5. The highest BCUT2D eigenvalue weighted by atomic mass is 32.2. The number of nitro groups is 1. The summed E-state index contributed by atoms with van der Waals surface area (Å²) in [5.41, 5.74) is 5.54. The molecule has 1 amide bonds. The van der Waals surface area contributed by atoms with Crippen molar-refractivity contribution in [3.05, 3.63) is 33.9 Å². The zero-order chi connectivity index (χ0) is 14.8. The highest BCUT2D eigenvalue weighted by Gasteiger charge is 2.36. The van der Waals surface area contributed by atoms with Crippen LogP contribution in [0.5, 0.6) is 0 Å². The number of thioether (sulfide) groups is 1. The van der Waals surface area contributed by atoms with Gasteiger partial charge < -0.3 is 11.1 Å². The maximum Gasteiger partial charge on any atom is 0.292 e. The third-order valence-electron chi connectivity index (χ3n) is 3.79. The first-order valence-electron chi connectivity index (χ1n) is 6.35. The second kappa shape index (κ2) is 5.70. The van der Waals surface area contributed by atoms with E-state index in [4.69, 9.17) is 5.73 Å². The predicted octanol–water partition coefficient (Wildman–Crippen LogP) is 2.19. The molecule has 1 aliphatic rings. The summed E-state index contributed by atoms with van der Waals surface area (Å²) in [7, 11) is 0. The Balaban J connectivity index is 2.10. The van der Waals surface area contributed by atoms with Gasteiger partial charge in [-0.05, 0) is 25.2 Å². The first kappa shape index (κ1) is 14.6. The molecule has 0 saturated heterocycles. The van der Waals surface area contributed by atoms with Gasteiger partial charge >= 0.3 is 0 Å². The van der Waals surface area contributed by atoms with Crippen molar-refractivity contribution in [1.29, 1.82) is 0 Å². The molecule has 2 rings (SSSR count). The second-order valence-electron chi connectivity index (χ2n) is 4.92. The molecule has 0 bridgehead atoms. The maximum atomic E-state index is 12.1. The summed E-state index contributed by atoms with van der Waals surface area (Å²) < 4.78 is 0.116. The third-order valence-corrected chi connectivity index (χ3v) is 5.21. The number of nitro benzene ring substituents is 1. The normalized spacial score (nSPS) is 16.2. The molecule has 0 unspecified atom stereocenters. The quantitative estimate of drug-likeness (QED) is 0.493. The number of nitrogens with one attached hydrogen (secondary N) is 1. The van der Waals surface area contributed by atoms with E-state index in [1.54, 1.807) is 11.8 Å². The molecular formula is C13H17N3O3S.